The molecule has 106 valence electrons. The highest BCUT2D eigenvalue weighted by atomic mass is 79.9. The van der Waals surface area contributed by atoms with Crippen molar-refractivity contribution in [1.82, 2.24) is 5.32 Å². The number of carbonyl (C=O) groups excluding carboxylic acids is 1. The van der Waals surface area contributed by atoms with Crippen LogP contribution in [0.1, 0.15) is 38.1 Å². The molecule has 1 amide bonds. The number of amides is 1. The minimum atomic E-state index is -1.25. The second kappa shape index (κ2) is 5.17. The third-order valence-electron chi connectivity index (χ3n) is 3.19. The molecule has 6 heteroatoms. The molecule has 0 fully saturated rings. The van der Waals surface area contributed by atoms with Crippen LogP contribution in [0.4, 0.5) is 8.78 Å². The normalized spacial score (nSPS) is 12.4. The lowest BCUT2D eigenvalue weighted by Crippen LogP contribution is -2.57. The molecule has 19 heavy (non-hydrogen) atoms. The van der Waals surface area contributed by atoms with Gasteiger partial charge in [0.25, 0.3) is 5.91 Å². The highest BCUT2D eigenvalue weighted by molar-refractivity contribution is 9.10. The van der Waals surface area contributed by atoms with E-state index in [0.29, 0.717) is 0 Å². The molecular formula is C13H16BrF2NO2. The number of nitrogens with one attached hydrogen (secondary N) is 1. The minimum Gasteiger partial charge on any atom is -0.388 e. The van der Waals surface area contributed by atoms with Crippen molar-refractivity contribution >= 4 is 21.8 Å². The van der Waals surface area contributed by atoms with Crippen molar-refractivity contribution in [3.63, 3.8) is 0 Å². The summed E-state index contributed by atoms with van der Waals surface area (Å²) in [4.78, 5) is 11.9. The summed E-state index contributed by atoms with van der Waals surface area (Å²) in [6.45, 7) is 6.14. The molecule has 1 rings (SSSR count). The topological polar surface area (TPSA) is 49.3 Å². The Labute approximate surface area is 119 Å². The number of carbonyl (C=O) groups is 1. The van der Waals surface area contributed by atoms with Gasteiger partial charge in [0.05, 0.1) is 11.1 Å². The van der Waals surface area contributed by atoms with Crippen LogP contribution < -0.4 is 5.32 Å². The number of aliphatic hydroxyl groups is 1. The van der Waals surface area contributed by atoms with Crippen LogP contribution in [0.5, 0.6) is 0 Å². The first-order valence-corrected chi connectivity index (χ1v) is 6.44. The molecule has 1 aromatic rings. The second-order valence-electron chi connectivity index (χ2n) is 5.38. The van der Waals surface area contributed by atoms with Gasteiger partial charge in [-0.15, -0.1) is 0 Å². The Morgan fingerprint density at radius 2 is 1.63 bits per heavy atom. The average molecular weight is 336 g/mol. The van der Waals surface area contributed by atoms with E-state index in [1.54, 1.807) is 13.8 Å². The van der Waals surface area contributed by atoms with E-state index >= 15 is 0 Å². The standard InChI is InChI=1S/C13H16BrF2NO2/c1-12(2,13(3,4)19)17-11(18)10-8(15)5-7(14)6-9(10)16/h5-6,19H,1-4H3,(H,17,18). The maximum atomic E-state index is 13.6. The zero-order valence-electron chi connectivity index (χ0n) is 11.1. The van der Waals surface area contributed by atoms with Gasteiger partial charge in [0.2, 0.25) is 0 Å². The van der Waals surface area contributed by atoms with Gasteiger partial charge in [-0.2, -0.15) is 0 Å². The molecule has 1 aromatic carbocycles. The first kappa shape index (κ1) is 16.0. The summed E-state index contributed by atoms with van der Waals surface area (Å²) < 4.78 is 27.5. The molecule has 3 nitrogen and oxygen atoms in total. The average Bonchev–Trinajstić information content (AvgIpc) is 2.12. The first-order chi connectivity index (χ1) is 8.45. The fourth-order valence-electron chi connectivity index (χ4n) is 1.26. The van der Waals surface area contributed by atoms with Gasteiger partial charge in [0.15, 0.2) is 0 Å². The van der Waals surface area contributed by atoms with Crippen molar-refractivity contribution in [2.24, 2.45) is 0 Å². The van der Waals surface area contributed by atoms with Crippen LogP contribution >= 0.6 is 15.9 Å². The predicted octanol–water partition coefficient (Wildman–Crippen LogP) is 3.01. The molecule has 0 unspecified atom stereocenters. The number of benzene rings is 1. The third-order valence-corrected chi connectivity index (χ3v) is 3.65. The maximum absolute atomic E-state index is 13.6. The lowest BCUT2D eigenvalue weighted by molar-refractivity contribution is -0.00309. The SMILES string of the molecule is CC(C)(O)C(C)(C)NC(=O)c1c(F)cc(Br)cc1F. The highest BCUT2D eigenvalue weighted by Gasteiger charge is 2.37. The fourth-order valence-corrected chi connectivity index (χ4v) is 1.66. The smallest absolute Gasteiger partial charge is 0.257 e. The summed E-state index contributed by atoms with van der Waals surface area (Å²) in [6.07, 6.45) is 0. The largest absolute Gasteiger partial charge is 0.388 e. The van der Waals surface area contributed by atoms with Gasteiger partial charge in [0.1, 0.15) is 17.2 Å². The monoisotopic (exact) mass is 335 g/mol. The zero-order valence-corrected chi connectivity index (χ0v) is 12.7. The van der Waals surface area contributed by atoms with Crippen LogP contribution in [-0.2, 0) is 0 Å². The predicted molar refractivity (Wildman–Crippen MR) is 71.9 cm³/mol. The Bertz CT molecular complexity index is 487. The van der Waals surface area contributed by atoms with Crippen molar-refractivity contribution in [1.29, 1.82) is 0 Å². The van der Waals surface area contributed by atoms with Gasteiger partial charge in [-0.3, -0.25) is 4.79 Å². The molecule has 0 saturated heterocycles. The molecule has 0 aromatic heterocycles. The molecule has 0 saturated carbocycles. The second-order valence-corrected chi connectivity index (χ2v) is 6.30. The van der Waals surface area contributed by atoms with Crippen LogP contribution in [0.25, 0.3) is 0 Å². The molecule has 0 spiro atoms. The van der Waals surface area contributed by atoms with Gasteiger partial charge < -0.3 is 10.4 Å². The fraction of sp³-hybridized carbons (Fsp3) is 0.462. The number of halogens is 3. The summed E-state index contributed by atoms with van der Waals surface area (Å²) in [5.74, 6) is -2.83. The van der Waals surface area contributed by atoms with Gasteiger partial charge in [0, 0.05) is 4.47 Å². The van der Waals surface area contributed by atoms with Crippen molar-refractivity contribution in [2.45, 2.75) is 38.8 Å². The van der Waals surface area contributed by atoms with Crippen LogP contribution in [0, 0.1) is 11.6 Å². The lowest BCUT2D eigenvalue weighted by atomic mass is 9.85. The Morgan fingerprint density at radius 1 is 1.21 bits per heavy atom. The highest BCUT2D eigenvalue weighted by Crippen LogP contribution is 2.23. The first-order valence-electron chi connectivity index (χ1n) is 5.65. The Morgan fingerprint density at radius 3 is 2.00 bits per heavy atom. The van der Waals surface area contributed by atoms with Crippen molar-refractivity contribution in [2.75, 3.05) is 0 Å². The van der Waals surface area contributed by atoms with Crippen LogP contribution in [0.3, 0.4) is 0 Å². The third kappa shape index (κ3) is 3.51. The number of hydrogen-bond donors (Lipinski definition) is 2. The molecular weight excluding hydrogens is 320 g/mol. The Balaban J connectivity index is 3.10. The summed E-state index contributed by atoms with van der Waals surface area (Å²) in [5, 5.41) is 12.3. The van der Waals surface area contributed by atoms with E-state index in [4.69, 9.17) is 0 Å². The van der Waals surface area contributed by atoms with E-state index in [0.717, 1.165) is 12.1 Å². The maximum Gasteiger partial charge on any atom is 0.257 e. The molecule has 0 atom stereocenters. The van der Waals surface area contributed by atoms with Gasteiger partial charge in [-0.25, -0.2) is 8.78 Å². The van der Waals surface area contributed by atoms with Crippen molar-refractivity contribution in [3.8, 4) is 0 Å². The van der Waals surface area contributed by atoms with E-state index in [1.807, 2.05) is 0 Å². The Kier molecular flexibility index (Phi) is 4.37. The number of rotatable bonds is 3. The summed E-state index contributed by atoms with van der Waals surface area (Å²) >= 11 is 2.94. The lowest BCUT2D eigenvalue weighted by Gasteiger charge is -2.38. The molecule has 0 aliphatic carbocycles. The van der Waals surface area contributed by atoms with Crippen molar-refractivity contribution in [3.05, 3.63) is 33.8 Å². The molecule has 0 aliphatic rings. The van der Waals surface area contributed by atoms with Crippen molar-refractivity contribution < 1.29 is 18.7 Å². The van der Waals surface area contributed by atoms with Gasteiger partial charge in [-0.05, 0) is 39.8 Å². The summed E-state index contributed by atoms with van der Waals surface area (Å²) in [5.41, 5.74) is -2.96. The van der Waals surface area contributed by atoms with E-state index in [1.165, 1.54) is 13.8 Å². The molecule has 0 aliphatic heterocycles. The molecule has 0 heterocycles. The van der Waals surface area contributed by atoms with E-state index in [9.17, 15) is 18.7 Å². The summed E-state index contributed by atoms with van der Waals surface area (Å²) in [7, 11) is 0. The quantitative estimate of drug-likeness (QED) is 0.892. The van der Waals surface area contributed by atoms with E-state index in [2.05, 4.69) is 21.2 Å². The van der Waals surface area contributed by atoms with E-state index in [-0.39, 0.29) is 4.47 Å². The Hall–Kier alpha value is -1.01. The van der Waals surface area contributed by atoms with Crippen LogP contribution in [0.2, 0.25) is 0 Å². The zero-order chi connectivity index (χ0) is 15.0. The molecule has 2 N–H and O–H groups in total. The molecule has 0 bridgehead atoms. The van der Waals surface area contributed by atoms with Gasteiger partial charge >= 0.3 is 0 Å². The minimum absolute atomic E-state index is 0.209. The number of hydrogen-bond acceptors (Lipinski definition) is 2. The van der Waals surface area contributed by atoms with E-state index < -0.39 is 34.2 Å². The summed E-state index contributed by atoms with van der Waals surface area (Å²) in [6, 6.07) is 2.02. The van der Waals surface area contributed by atoms with Crippen LogP contribution in [0.15, 0.2) is 16.6 Å². The molecule has 0 radical (unpaired) electrons. The van der Waals surface area contributed by atoms with Gasteiger partial charge in [-0.1, -0.05) is 15.9 Å². The van der Waals surface area contributed by atoms with Crippen LogP contribution in [-0.4, -0.2) is 22.2 Å².